The molecule has 2 saturated carbocycles. The molecule has 2 fully saturated rings. The van der Waals surface area contributed by atoms with Gasteiger partial charge in [-0.05, 0) is 98.0 Å². The summed E-state index contributed by atoms with van der Waals surface area (Å²) in [4.78, 5) is 0. The minimum absolute atomic E-state index is 0.732. The molecule has 0 heteroatoms. The Morgan fingerprint density at radius 1 is 0.700 bits per heavy atom. The Morgan fingerprint density at radius 2 is 1.27 bits per heavy atom. The Hall–Kier alpha value is -0.780. The molecule has 2 unspecified atom stereocenters. The Bertz CT molecular complexity index is 569. The first-order valence-electron chi connectivity index (χ1n) is 13.7. The summed E-state index contributed by atoms with van der Waals surface area (Å²) in [5.41, 5.74) is 3.12. The molecule has 0 spiro atoms. The second kappa shape index (κ2) is 12.3. The van der Waals surface area contributed by atoms with E-state index in [0.29, 0.717) is 0 Å². The van der Waals surface area contributed by atoms with E-state index in [0.717, 1.165) is 35.5 Å². The summed E-state index contributed by atoms with van der Waals surface area (Å²) in [6.07, 6.45) is 20.1. The molecule has 0 amide bonds. The molecule has 0 bridgehead atoms. The molecule has 2 atom stereocenters. The van der Waals surface area contributed by atoms with Gasteiger partial charge in [0.1, 0.15) is 0 Å². The quantitative estimate of drug-likeness (QED) is 0.337. The average molecular weight is 411 g/mol. The van der Waals surface area contributed by atoms with Crippen LogP contribution >= 0.6 is 0 Å². The van der Waals surface area contributed by atoms with E-state index in [-0.39, 0.29) is 0 Å². The van der Waals surface area contributed by atoms with Crippen LogP contribution in [0.4, 0.5) is 0 Å². The molecule has 0 aliphatic heterocycles. The molecule has 0 N–H and O–H groups in total. The van der Waals surface area contributed by atoms with Crippen LogP contribution < -0.4 is 0 Å². The fourth-order valence-electron chi connectivity index (χ4n) is 6.81. The van der Waals surface area contributed by atoms with Crippen molar-refractivity contribution in [1.82, 2.24) is 0 Å². The van der Waals surface area contributed by atoms with E-state index in [9.17, 15) is 0 Å². The lowest BCUT2D eigenvalue weighted by Gasteiger charge is -2.40. The molecule has 170 valence electrons. The molecule has 0 aromatic heterocycles. The van der Waals surface area contributed by atoms with Gasteiger partial charge in [-0.2, -0.15) is 0 Å². The minimum atomic E-state index is 0.732. The first kappa shape index (κ1) is 23.9. The van der Waals surface area contributed by atoms with Crippen LogP contribution in [0.25, 0.3) is 0 Å². The molecule has 2 aliphatic rings. The monoisotopic (exact) mass is 410 g/mol. The van der Waals surface area contributed by atoms with Crippen molar-refractivity contribution in [3.8, 4) is 0 Å². The Morgan fingerprint density at radius 3 is 1.83 bits per heavy atom. The van der Waals surface area contributed by atoms with Crippen molar-refractivity contribution in [2.75, 3.05) is 0 Å². The number of rotatable bonds is 10. The summed E-state index contributed by atoms with van der Waals surface area (Å²) >= 11 is 0. The second-order valence-corrected chi connectivity index (χ2v) is 11.1. The van der Waals surface area contributed by atoms with Crippen LogP contribution in [0.5, 0.6) is 0 Å². The fourth-order valence-corrected chi connectivity index (χ4v) is 6.81. The molecular formula is C30H50. The maximum atomic E-state index is 2.61. The van der Waals surface area contributed by atoms with Gasteiger partial charge in [0.25, 0.3) is 0 Å². The fraction of sp³-hybridized carbons (Fsp3) is 0.800. The smallest absolute Gasteiger partial charge is 0.0162 e. The van der Waals surface area contributed by atoms with E-state index in [1.165, 1.54) is 95.5 Å². The molecule has 3 rings (SSSR count). The van der Waals surface area contributed by atoms with Gasteiger partial charge in [-0.15, -0.1) is 0 Å². The summed E-state index contributed by atoms with van der Waals surface area (Å²) in [5.74, 6) is 5.67. The van der Waals surface area contributed by atoms with Gasteiger partial charge in [-0.1, -0.05) is 90.5 Å². The van der Waals surface area contributed by atoms with Crippen LogP contribution in [0.15, 0.2) is 24.3 Å². The predicted octanol–water partition coefficient (Wildman–Crippen LogP) is 9.57. The van der Waals surface area contributed by atoms with Crippen molar-refractivity contribution in [2.45, 2.75) is 124 Å². The minimum Gasteiger partial charge on any atom is -0.0654 e. The van der Waals surface area contributed by atoms with Crippen molar-refractivity contribution in [2.24, 2.45) is 29.6 Å². The van der Waals surface area contributed by atoms with Gasteiger partial charge < -0.3 is 0 Å². The summed E-state index contributed by atoms with van der Waals surface area (Å²) in [7, 11) is 0. The summed E-state index contributed by atoms with van der Waals surface area (Å²) in [6, 6.07) is 9.69. The normalized spacial score (nSPS) is 29.5. The first-order valence-corrected chi connectivity index (χ1v) is 13.7. The van der Waals surface area contributed by atoms with E-state index >= 15 is 0 Å². The SMILES string of the molecule is CCCCCc1ccc(C(C)C2CCC(C(C)C3CCC(CCC)CC3)CC2)cc1. The Balaban J connectivity index is 1.43. The maximum absolute atomic E-state index is 2.61. The number of hydrogen-bond donors (Lipinski definition) is 0. The molecule has 0 radical (unpaired) electrons. The van der Waals surface area contributed by atoms with E-state index in [1.807, 2.05) is 0 Å². The predicted molar refractivity (Wildman–Crippen MR) is 133 cm³/mol. The van der Waals surface area contributed by atoms with Gasteiger partial charge in [-0.3, -0.25) is 0 Å². The van der Waals surface area contributed by atoms with Crippen LogP contribution in [-0.2, 0) is 6.42 Å². The van der Waals surface area contributed by atoms with Crippen molar-refractivity contribution >= 4 is 0 Å². The van der Waals surface area contributed by atoms with Gasteiger partial charge in [0, 0.05) is 0 Å². The average Bonchev–Trinajstić information content (AvgIpc) is 2.80. The van der Waals surface area contributed by atoms with Gasteiger partial charge in [0.05, 0.1) is 0 Å². The molecule has 0 nitrogen and oxygen atoms in total. The molecule has 0 saturated heterocycles. The Labute approximate surface area is 188 Å². The highest BCUT2D eigenvalue weighted by molar-refractivity contribution is 5.25. The molecular weight excluding hydrogens is 360 g/mol. The third kappa shape index (κ3) is 6.61. The van der Waals surface area contributed by atoms with Gasteiger partial charge in [-0.25, -0.2) is 0 Å². The summed E-state index contributed by atoms with van der Waals surface area (Å²) < 4.78 is 0. The standard InChI is InChI=1S/C30H50/c1-5-7-8-10-26-13-17-28(18-14-26)24(4)30-21-19-29(20-22-30)23(3)27-15-11-25(9-6-2)12-16-27/h13-14,17-18,23-25,27,29-30H,5-12,15-16,19-22H2,1-4H3. The van der Waals surface area contributed by atoms with Crippen LogP contribution in [-0.4, -0.2) is 0 Å². The zero-order valence-corrected chi connectivity index (χ0v) is 20.7. The van der Waals surface area contributed by atoms with Gasteiger partial charge in [0.2, 0.25) is 0 Å². The van der Waals surface area contributed by atoms with Gasteiger partial charge in [0.15, 0.2) is 0 Å². The third-order valence-corrected chi connectivity index (χ3v) is 9.17. The lowest BCUT2D eigenvalue weighted by Crippen LogP contribution is -2.29. The van der Waals surface area contributed by atoms with E-state index in [2.05, 4.69) is 52.0 Å². The summed E-state index contributed by atoms with van der Waals surface area (Å²) in [5, 5.41) is 0. The van der Waals surface area contributed by atoms with Gasteiger partial charge >= 0.3 is 0 Å². The van der Waals surface area contributed by atoms with Crippen molar-refractivity contribution in [3.05, 3.63) is 35.4 Å². The van der Waals surface area contributed by atoms with Crippen molar-refractivity contribution in [1.29, 1.82) is 0 Å². The highest BCUT2D eigenvalue weighted by Crippen LogP contribution is 2.45. The third-order valence-electron chi connectivity index (χ3n) is 9.17. The molecule has 30 heavy (non-hydrogen) atoms. The van der Waals surface area contributed by atoms with E-state index in [1.54, 1.807) is 5.56 Å². The molecule has 1 aromatic carbocycles. The van der Waals surface area contributed by atoms with Crippen molar-refractivity contribution in [3.63, 3.8) is 0 Å². The second-order valence-electron chi connectivity index (χ2n) is 11.1. The zero-order valence-electron chi connectivity index (χ0n) is 20.7. The number of hydrogen-bond acceptors (Lipinski definition) is 0. The molecule has 0 heterocycles. The van der Waals surface area contributed by atoms with Crippen molar-refractivity contribution < 1.29 is 0 Å². The topological polar surface area (TPSA) is 0 Å². The van der Waals surface area contributed by atoms with E-state index in [4.69, 9.17) is 0 Å². The van der Waals surface area contributed by atoms with Crippen LogP contribution in [0.3, 0.4) is 0 Å². The summed E-state index contributed by atoms with van der Waals surface area (Å²) in [6.45, 7) is 9.75. The highest BCUT2D eigenvalue weighted by Gasteiger charge is 2.33. The lowest BCUT2D eigenvalue weighted by molar-refractivity contribution is 0.118. The van der Waals surface area contributed by atoms with Crippen LogP contribution in [0.1, 0.15) is 128 Å². The number of aryl methyl sites for hydroxylation is 1. The highest BCUT2D eigenvalue weighted by atomic mass is 14.4. The first-order chi connectivity index (χ1) is 14.6. The number of unbranched alkanes of at least 4 members (excludes halogenated alkanes) is 2. The maximum Gasteiger partial charge on any atom is -0.0162 e. The number of benzene rings is 1. The molecule has 1 aromatic rings. The largest absolute Gasteiger partial charge is 0.0654 e. The zero-order chi connectivity index (χ0) is 21.3. The van der Waals surface area contributed by atoms with Crippen LogP contribution in [0.2, 0.25) is 0 Å². The van der Waals surface area contributed by atoms with Crippen LogP contribution in [0, 0.1) is 29.6 Å². The Kier molecular flexibility index (Phi) is 9.79. The lowest BCUT2D eigenvalue weighted by atomic mass is 9.65. The van der Waals surface area contributed by atoms with E-state index < -0.39 is 0 Å². The molecule has 2 aliphatic carbocycles.